The van der Waals surface area contributed by atoms with Crippen LogP contribution in [0, 0.1) is 17.7 Å². The van der Waals surface area contributed by atoms with Crippen LogP contribution in [0.15, 0.2) is 23.1 Å². The first kappa shape index (κ1) is 18.0. The minimum absolute atomic E-state index is 0.0358. The van der Waals surface area contributed by atoms with Gasteiger partial charge in [0.1, 0.15) is 12.4 Å². The Labute approximate surface area is 129 Å². The molecule has 0 aliphatic heterocycles. The second-order valence-electron chi connectivity index (χ2n) is 4.40. The van der Waals surface area contributed by atoms with Crippen molar-refractivity contribution in [3.63, 3.8) is 0 Å². The van der Waals surface area contributed by atoms with Gasteiger partial charge in [-0.05, 0) is 43.6 Å². The summed E-state index contributed by atoms with van der Waals surface area (Å²) in [6.45, 7) is 1.35. The predicted molar refractivity (Wildman–Crippen MR) is 83.1 cm³/mol. The molecule has 0 saturated carbocycles. The van der Waals surface area contributed by atoms with Crippen molar-refractivity contribution in [2.75, 3.05) is 18.6 Å². The molecule has 4 nitrogen and oxygen atoms in total. The third kappa shape index (κ3) is 5.67. The number of hydrogen-bond acceptors (Lipinski definition) is 4. The van der Waals surface area contributed by atoms with Gasteiger partial charge in [0.05, 0.1) is 4.90 Å². The Morgan fingerprint density at radius 1 is 1.48 bits per heavy atom. The monoisotopic (exact) mass is 331 g/mol. The van der Waals surface area contributed by atoms with Crippen LogP contribution >= 0.6 is 11.8 Å². The zero-order chi connectivity index (χ0) is 15.9. The molecule has 1 aromatic rings. The fourth-order valence-corrected chi connectivity index (χ4v) is 3.66. The van der Waals surface area contributed by atoms with Crippen molar-refractivity contribution in [1.29, 1.82) is 0 Å². The van der Waals surface area contributed by atoms with Crippen molar-refractivity contribution < 1.29 is 17.9 Å². The third-order valence-electron chi connectivity index (χ3n) is 2.64. The molecule has 21 heavy (non-hydrogen) atoms. The van der Waals surface area contributed by atoms with Crippen LogP contribution in [0.3, 0.4) is 0 Å². The summed E-state index contributed by atoms with van der Waals surface area (Å²) in [5, 5.41) is 8.70. The molecule has 0 aromatic heterocycles. The number of nitrogens with one attached hydrogen (secondary N) is 1. The summed E-state index contributed by atoms with van der Waals surface area (Å²) in [7, 11) is -3.78. The zero-order valence-electron chi connectivity index (χ0n) is 11.9. The summed E-state index contributed by atoms with van der Waals surface area (Å²) in [4.78, 5) is -0.0825. The van der Waals surface area contributed by atoms with Crippen LogP contribution in [0.4, 0.5) is 4.39 Å². The minimum Gasteiger partial charge on any atom is -0.384 e. The van der Waals surface area contributed by atoms with Crippen LogP contribution in [0.2, 0.25) is 0 Å². The fraction of sp³-hybridized carbons (Fsp3) is 0.429. The number of halogens is 1. The van der Waals surface area contributed by atoms with Crippen molar-refractivity contribution in [1.82, 2.24) is 4.72 Å². The topological polar surface area (TPSA) is 66.4 Å². The maximum atomic E-state index is 13.2. The quantitative estimate of drug-likeness (QED) is 0.777. The fourth-order valence-electron chi connectivity index (χ4n) is 1.65. The Morgan fingerprint density at radius 3 is 2.81 bits per heavy atom. The lowest BCUT2D eigenvalue weighted by Gasteiger charge is -2.14. The first-order chi connectivity index (χ1) is 9.90. The molecule has 0 aliphatic carbocycles. The molecule has 1 aromatic carbocycles. The van der Waals surface area contributed by atoms with E-state index in [2.05, 4.69) is 16.6 Å². The van der Waals surface area contributed by atoms with Gasteiger partial charge in [-0.1, -0.05) is 11.8 Å². The van der Waals surface area contributed by atoms with E-state index < -0.39 is 22.4 Å². The maximum Gasteiger partial charge on any atom is 0.242 e. The van der Waals surface area contributed by atoms with Crippen LogP contribution in [-0.4, -0.2) is 38.2 Å². The largest absolute Gasteiger partial charge is 0.384 e. The van der Waals surface area contributed by atoms with Gasteiger partial charge >= 0.3 is 0 Å². The summed E-state index contributed by atoms with van der Waals surface area (Å²) in [5.74, 6) is 5.06. The van der Waals surface area contributed by atoms with Crippen LogP contribution in [-0.2, 0) is 10.0 Å². The van der Waals surface area contributed by atoms with Gasteiger partial charge in [0, 0.05) is 11.6 Å². The van der Waals surface area contributed by atoms with Crippen molar-refractivity contribution in [3.8, 4) is 11.8 Å². The standard InChI is InChI=1S/C14H18FNO3S2/c1-11(7-9-20-2)16-21(18,19)14-6-5-13(15)10-12(14)4-3-8-17/h5-6,10-11,16-17H,7-9H2,1-2H3. The van der Waals surface area contributed by atoms with E-state index in [1.807, 2.05) is 6.26 Å². The number of rotatable bonds is 6. The van der Waals surface area contributed by atoms with E-state index in [0.29, 0.717) is 6.42 Å². The highest BCUT2D eigenvalue weighted by Gasteiger charge is 2.20. The molecular weight excluding hydrogens is 313 g/mol. The van der Waals surface area contributed by atoms with E-state index in [4.69, 9.17) is 5.11 Å². The average Bonchev–Trinajstić information content (AvgIpc) is 2.42. The summed E-state index contributed by atoms with van der Waals surface area (Å²) < 4.78 is 40.5. The van der Waals surface area contributed by atoms with Gasteiger partial charge < -0.3 is 5.11 Å². The van der Waals surface area contributed by atoms with E-state index >= 15 is 0 Å². The summed E-state index contributed by atoms with van der Waals surface area (Å²) >= 11 is 1.63. The lowest BCUT2D eigenvalue weighted by molar-refractivity contribution is 0.350. The van der Waals surface area contributed by atoms with E-state index in [1.165, 1.54) is 6.07 Å². The molecule has 0 spiro atoms. The molecule has 1 unspecified atom stereocenters. The van der Waals surface area contributed by atoms with Gasteiger partial charge in [-0.3, -0.25) is 0 Å². The first-order valence-electron chi connectivity index (χ1n) is 6.31. The van der Waals surface area contributed by atoms with Gasteiger partial charge in [-0.15, -0.1) is 0 Å². The van der Waals surface area contributed by atoms with Crippen LogP contribution < -0.4 is 4.72 Å². The summed E-state index contributed by atoms with van der Waals surface area (Å²) in [5.41, 5.74) is 0.0358. The van der Waals surface area contributed by atoms with E-state index in [1.54, 1.807) is 18.7 Å². The Bertz CT molecular complexity index is 635. The smallest absolute Gasteiger partial charge is 0.242 e. The second-order valence-corrected chi connectivity index (χ2v) is 7.07. The normalized spacial score (nSPS) is 12.6. The molecule has 0 bridgehead atoms. The van der Waals surface area contributed by atoms with Crippen LogP contribution in [0.5, 0.6) is 0 Å². The third-order valence-corrected chi connectivity index (χ3v) is 4.94. The van der Waals surface area contributed by atoms with Gasteiger partial charge in [-0.2, -0.15) is 11.8 Å². The molecule has 0 radical (unpaired) electrons. The van der Waals surface area contributed by atoms with Gasteiger partial charge in [0.25, 0.3) is 0 Å². The Hall–Kier alpha value is -1.07. The molecule has 1 atom stereocenters. The molecule has 0 amide bonds. The second kappa shape index (κ2) is 8.39. The molecule has 7 heteroatoms. The molecular formula is C14H18FNO3S2. The van der Waals surface area contributed by atoms with Crippen molar-refractivity contribution >= 4 is 21.8 Å². The first-order valence-corrected chi connectivity index (χ1v) is 9.19. The van der Waals surface area contributed by atoms with Crippen molar-refractivity contribution in [2.24, 2.45) is 0 Å². The molecule has 0 heterocycles. The minimum atomic E-state index is -3.78. The molecule has 2 N–H and O–H groups in total. The average molecular weight is 331 g/mol. The molecule has 0 aliphatic rings. The summed E-state index contributed by atoms with van der Waals surface area (Å²) in [6, 6.07) is 3.07. The van der Waals surface area contributed by atoms with E-state index in [0.717, 1.165) is 17.9 Å². The maximum absolute atomic E-state index is 13.2. The van der Waals surface area contributed by atoms with Gasteiger partial charge in [0.15, 0.2) is 0 Å². The molecule has 0 fully saturated rings. The van der Waals surface area contributed by atoms with Gasteiger partial charge in [-0.25, -0.2) is 17.5 Å². The number of thioether (sulfide) groups is 1. The number of sulfonamides is 1. The van der Waals surface area contributed by atoms with Gasteiger partial charge in [0.2, 0.25) is 10.0 Å². The number of aliphatic hydroxyl groups is 1. The predicted octanol–water partition coefficient (Wildman–Crippen LogP) is 1.59. The Balaban J connectivity index is 3.07. The molecule has 116 valence electrons. The lowest BCUT2D eigenvalue weighted by Crippen LogP contribution is -2.33. The van der Waals surface area contributed by atoms with Crippen molar-refractivity contribution in [3.05, 3.63) is 29.6 Å². The molecule has 1 rings (SSSR count). The van der Waals surface area contributed by atoms with Crippen LogP contribution in [0.1, 0.15) is 18.9 Å². The van der Waals surface area contributed by atoms with E-state index in [9.17, 15) is 12.8 Å². The number of aliphatic hydroxyl groups excluding tert-OH is 1. The zero-order valence-corrected chi connectivity index (χ0v) is 13.5. The van der Waals surface area contributed by atoms with E-state index in [-0.39, 0.29) is 16.5 Å². The number of hydrogen-bond donors (Lipinski definition) is 2. The molecule has 0 saturated heterocycles. The Kier molecular flexibility index (Phi) is 7.18. The number of benzene rings is 1. The van der Waals surface area contributed by atoms with Crippen LogP contribution in [0.25, 0.3) is 0 Å². The van der Waals surface area contributed by atoms with Crippen molar-refractivity contribution in [2.45, 2.75) is 24.3 Å². The summed E-state index contributed by atoms with van der Waals surface area (Å²) in [6.07, 6.45) is 2.64. The highest BCUT2D eigenvalue weighted by atomic mass is 32.2. The highest BCUT2D eigenvalue weighted by Crippen LogP contribution is 2.17. The lowest BCUT2D eigenvalue weighted by atomic mass is 10.2. The Morgan fingerprint density at radius 2 is 2.19 bits per heavy atom. The SMILES string of the molecule is CSCCC(C)NS(=O)(=O)c1ccc(F)cc1C#CCO. The highest BCUT2D eigenvalue weighted by molar-refractivity contribution is 7.98.